The Hall–Kier alpha value is -3.57. The molecule has 1 fully saturated rings. The molecule has 5 atom stereocenters. The number of nitrogens with two attached hydrogens (primary N) is 1. The van der Waals surface area contributed by atoms with Gasteiger partial charge in [-0.15, -0.1) is 0 Å². The summed E-state index contributed by atoms with van der Waals surface area (Å²) in [5, 5.41) is 0. The lowest BCUT2D eigenvalue weighted by molar-refractivity contribution is -0.160. The zero-order valence-electron chi connectivity index (χ0n) is 27.9. The molecule has 3 rings (SSSR count). The number of ether oxygens (including phenoxy) is 3. The van der Waals surface area contributed by atoms with Crippen molar-refractivity contribution in [2.24, 2.45) is 5.73 Å². The van der Waals surface area contributed by atoms with Crippen molar-refractivity contribution in [1.29, 1.82) is 0 Å². The average Bonchev–Trinajstić information content (AvgIpc) is 3.36. The highest BCUT2D eigenvalue weighted by atomic mass is 19.1. The zero-order valence-corrected chi connectivity index (χ0v) is 27.9. The minimum absolute atomic E-state index is 0.165. The van der Waals surface area contributed by atoms with Gasteiger partial charge in [0, 0.05) is 18.2 Å². The number of hydrogen-bond acceptors (Lipinski definition) is 8. The van der Waals surface area contributed by atoms with Gasteiger partial charge in [-0.25, -0.2) is 9.18 Å². The number of rotatable bonds is 21. The molecule has 1 aliphatic rings. The Morgan fingerprint density at radius 1 is 1.00 bits per heavy atom. The minimum Gasteiger partial charge on any atom is -0.463 e. The molecule has 0 bridgehead atoms. The highest BCUT2D eigenvalue weighted by Crippen LogP contribution is 2.33. The molecule has 0 aliphatic carbocycles. The van der Waals surface area contributed by atoms with Crippen LogP contribution >= 0.6 is 0 Å². The molecule has 3 N–H and O–H groups in total. The number of nitrogens with one attached hydrogen (secondary N) is 1. The average molecular weight is 658 g/mol. The van der Waals surface area contributed by atoms with Gasteiger partial charge in [0.25, 0.3) is 5.56 Å². The molecular weight excluding hydrogens is 605 g/mol. The van der Waals surface area contributed by atoms with Gasteiger partial charge in [-0.1, -0.05) is 94.4 Å². The third-order valence-electron chi connectivity index (χ3n) is 8.34. The summed E-state index contributed by atoms with van der Waals surface area (Å²) in [6, 6.07) is 7.99. The number of aromatic nitrogens is 2. The van der Waals surface area contributed by atoms with E-state index in [1.165, 1.54) is 45.2 Å². The predicted octanol–water partition coefficient (Wildman–Crippen LogP) is 5.75. The fourth-order valence-corrected chi connectivity index (χ4v) is 5.55. The lowest BCUT2D eigenvalue weighted by atomic mass is 10.1. The summed E-state index contributed by atoms with van der Waals surface area (Å²) in [5.41, 5.74) is 5.54. The molecule has 1 aliphatic heterocycles. The summed E-state index contributed by atoms with van der Waals surface area (Å²) in [6.45, 7) is 3.30. The summed E-state index contributed by atoms with van der Waals surface area (Å²) < 4.78 is 33.4. The Balaban J connectivity index is 1.46. The number of H-pyrrole nitrogens is 1. The van der Waals surface area contributed by atoms with E-state index in [-0.39, 0.29) is 25.0 Å². The molecule has 10 nitrogen and oxygen atoms in total. The first-order chi connectivity index (χ1) is 22.7. The second kappa shape index (κ2) is 20.6. The molecule has 1 saturated heterocycles. The van der Waals surface area contributed by atoms with Crippen molar-refractivity contribution < 1.29 is 28.2 Å². The first kappa shape index (κ1) is 37.9. The van der Waals surface area contributed by atoms with E-state index in [9.17, 15) is 19.2 Å². The van der Waals surface area contributed by atoms with Crippen LogP contribution < -0.4 is 17.0 Å². The molecule has 11 heteroatoms. The monoisotopic (exact) mass is 657 g/mol. The smallest absolute Gasteiger partial charge is 0.330 e. The van der Waals surface area contributed by atoms with Crippen molar-refractivity contribution in [1.82, 2.24) is 9.55 Å². The van der Waals surface area contributed by atoms with Crippen LogP contribution in [0.4, 0.5) is 4.39 Å². The molecule has 2 heterocycles. The van der Waals surface area contributed by atoms with Gasteiger partial charge in [0.05, 0.1) is 0 Å². The van der Waals surface area contributed by atoms with Crippen LogP contribution in [-0.4, -0.2) is 52.5 Å². The summed E-state index contributed by atoms with van der Waals surface area (Å²) >= 11 is 0. The topological polar surface area (TPSA) is 143 Å². The van der Waals surface area contributed by atoms with E-state index in [1.54, 1.807) is 0 Å². The molecule has 0 saturated carbocycles. The number of benzene rings is 1. The maximum absolute atomic E-state index is 15.8. The third kappa shape index (κ3) is 12.9. The number of esters is 2. The summed E-state index contributed by atoms with van der Waals surface area (Å²) in [5.74, 6) is -1.33. The first-order valence-electron chi connectivity index (χ1n) is 17.1. The minimum atomic E-state index is -2.00. The number of hydrogen-bond donors (Lipinski definition) is 2. The number of halogens is 1. The molecule has 1 aromatic carbocycles. The molecule has 2 aromatic rings. The van der Waals surface area contributed by atoms with E-state index in [1.807, 2.05) is 30.3 Å². The number of carbonyl (C=O) groups excluding carboxylic acids is 2. The highest BCUT2D eigenvalue weighted by Gasteiger charge is 2.50. The van der Waals surface area contributed by atoms with Crippen LogP contribution in [0.1, 0.15) is 108 Å². The predicted molar refractivity (Wildman–Crippen MR) is 179 cm³/mol. The Bertz CT molecular complexity index is 1380. The van der Waals surface area contributed by atoms with Crippen molar-refractivity contribution in [3.05, 3.63) is 80.6 Å². The molecule has 0 amide bonds. The van der Waals surface area contributed by atoms with E-state index in [4.69, 9.17) is 19.9 Å². The SMILES string of the molecule is CCCCCCC/C=C/CCCCCCCC(=O)OC[C@@H]1O[C@H](n2cc(C)c(=O)[nH]c2=O)[C@H](F)[C@H]1OC(=O)[C@@H](N)Cc1ccccc1. The van der Waals surface area contributed by atoms with Crippen LogP contribution in [0.15, 0.2) is 58.3 Å². The Morgan fingerprint density at radius 3 is 2.32 bits per heavy atom. The van der Waals surface area contributed by atoms with Crippen LogP contribution in [0, 0.1) is 6.92 Å². The van der Waals surface area contributed by atoms with Gasteiger partial charge in [-0.2, -0.15) is 0 Å². The van der Waals surface area contributed by atoms with E-state index in [0.717, 1.165) is 48.7 Å². The molecule has 0 unspecified atom stereocenters. The maximum Gasteiger partial charge on any atom is 0.330 e. The Morgan fingerprint density at radius 2 is 1.64 bits per heavy atom. The van der Waals surface area contributed by atoms with Crippen molar-refractivity contribution in [3.8, 4) is 0 Å². The summed E-state index contributed by atoms with van der Waals surface area (Å²) in [6.07, 6.45) is 13.3. The van der Waals surface area contributed by atoms with Crippen molar-refractivity contribution in [2.45, 2.75) is 134 Å². The van der Waals surface area contributed by atoms with Crippen LogP contribution in [0.3, 0.4) is 0 Å². The van der Waals surface area contributed by atoms with Crippen LogP contribution in [0.5, 0.6) is 0 Å². The lowest BCUT2D eigenvalue weighted by Crippen LogP contribution is -2.43. The zero-order chi connectivity index (χ0) is 34.0. The maximum atomic E-state index is 15.8. The van der Waals surface area contributed by atoms with Crippen molar-refractivity contribution in [2.75, 3.05) is 6.61 Å². The number of alkyl halides is 1. The molecule has 47 heavy (non-hydrogen) atoms. The summed E-state index contributed by atoms with van der Waals surface area (Å²) in [7, 11) is 0. The number of aryl methyl sites for hydroxylation is 1. The fourth-order valence-electron chi connectivity index (χ4n) is 5.55. The number of unbranched alkanes of at least 4 members (excludes halogenated alkanes) is 10. The van der Waals surface area contributed by atoms with Gasteiger partial charge >= 0.3 is 17.6 Å². The molecule has 1 aromatic heterocycles. The lowest BCUT2D eigenvalue weighted by Gasteiger charge is -2.21. The summed E-state index contributed by atoms with van der Waals surface area (Å²) in [4.78, 5) is 51.9. The van der Waals surface area contributed by atoms with E-state index in [0.29, 0.717) is 6.42 Å². The normalized spacial score (nSPS) is 20.0. The number of nitrogens with zero attached hydrogens (tertiary/aromatic N) is 1. The molecule has 0 radical (unpaired) electrons. The van der Waals surface area contributed by atoms with Crippen molar-refractivity contribution in [3.63, 3.8) is 0 Å². The van der Waals surface area contributed by atoms with Gasteiger partial charge < -0.3 is 19.9 Å². The number of carbonyl (C=O) groups is 2. The highest BCUT2D eigenvalue weighted by molar-refractivity contribution is 5.76. The standard InChI is InChI=1S/C36H52FN3O7/c1-3-4-5-6-7-8-9-10-11-12-13-14-15-19-22-30(41)45-25-29-32(47-35(43)28(38)23-27-20-17-16-18-21-27)31(37)34(46-29)40-24-26(2)33(42)39-36(40)44/h9-10,16-18,20-21,24,28-29,31-32,34H,3-8,11-15,19,22-23,25,38H2,1-2H3,(H,39,42,44)/b10-9+/t28-,29-,31+,32-,34-/m0/s1. The van der Waals surface area contributed by atoms with Crippen LogP contribution in [0.2, 0.25) is 0 Å². The van der Waals surface area contributed by atoms with Gasteiger partial charge in [0.2, 0.25) is 0 Å². The molecule has 0 spiro atoms. The second-order valence-electron chi connectivity index (χ2n) is 12.3. The van der Waals surface area contributed by atoms with Crippen LogP contribution in [0.25, 0.3) is 0 Å². The third-order valence-corrected chi connectivity index (χ3v) is 8.34. The second-order valence-corrected chi connectivity index (χ2v) is 12.3. The Kier molecular flexibility index (Phi) is 16.6. The Labute approximate surface area is 276 Å². The van der Waals surface area contributed by atoms with Crippen molar-refractivity contribution >= 4 is 11.9 Å². The number of allylic oxidation sites excluding steroid dienone is 2. The first-order valence-corrected chi connectivity index (χ1v) is 17.1. The van der Waals surface area contributed by atoms with Crippen LogP contribution in [-0.2, 0) is 30.2 Å². The van der Waals surface area contributed by atoms with E-state index >= 15 is 4.39 Å². The van der Waals surface area contributed by atoms with Gasteiger partial charge in [-0.05, 0) is 51.0 Å². The quantitative estimate of drug-likeness (QED) is 0.0982. The van der Waals surface area contributed by atoms with Gasteiger partial charge in [0.1, 0.15) is 18.8 Å². The number of aromatic amines is 1. The van der Waals surface area contributed by atoms with E-state index in [2.05, 4.69) is 24.1 Å². The molecular formula is C36H52FN3O7. The fraction of sp³-hybridized carbons (Fsp3) is 0.611. The van der Waals surface area contributed by atoms with Gasteiger partial charge in [-0.3, -0.25) is 23.9 Å². The van der Waals surface area contributed by atoms with Gasteiger partial charge in [0.15, 0.2) is 18.5 Å². The largest absolute Gasteiger partial charge is 0.463 e. The van der Waals surface area contributed by atoms with E-state index < -0.39 is 53.8 Å². The molecule has 260 valence electrons.